The maximum absolute atomic E-state index is 13.6. The third-order valence-corrected chi connectivity index (χ3v) is 4.15. The van der Waals surface area contributed by atoms with E-state index in [1.807, 2.05) is 29.6 Å². The molecule has 0 saturated heterocycles. The highest BCUT2D eigenvalue weighted by Gasteiger charge is 2.15. The van der Waals surface area contributed by atoms with Gasteiger partial charge in [-0.15, -0.1) is 11.3 Å². The molecular weight excluding hydrogens is 261 g/mol. The number of hydrogen-bond acceptors (Lipinski definition) is 3. The second-order valence-electron chi connectivity index (χ2n) is 4.37. The van der Waals surface area contributed by atoms with Gasteiger partial charge in [0.25, 0.3) is 0 Å². The molecular formula is C15H12FNOS. The highest BCUT2D eigenvalue weighted by Crippen LogP contribution is 2.29. The lowest BCUT2D eigenvalue weighted by molar-refractivity contribution is 0.174. The number of thiophene rings is 1. The number of aliphatic hydroxyl groups is 1. The Balaban J connectivity index is 1.91. The van der Waals surface area contributed by atoms with Gasteiger partial charge in [-0.2, -0.15) is 0 Å². The van der Waals surface area contributed by atoms with E-state index >= 15 is 0 Å². The Morgan fingerprint density at radius 3 is 2.95 bits per heavy atom. The first-order valence-corrected chi connectivity index (χ1v) is 6.86. The number of rotatable bonds is 3. The van der Waals surface area contributed by atoms with Crippen LogP contribution >= 0.6 is 11.3 Å². The summed E-state index contributed by atoms with van der Waals surface area (Å²) in [6, 6.07) is 9.55. The minimum Gasteiger partial charge on any atom is -0.388 e. The summed E-state index contributed by atoms with van der Waals surface area (Å²) >= 11 is 1.64. The van der Waals surface area contributed by atoms with Crippen molar-refractivity contribution >= 4 is 21.4 Å². The molecule has 96 valence electrons. The van der Waals surface area contributed by atoms with Crippen molar-refractivity contribution in [2.75, 3.05) is 0 Å². The van der Waals surface area contributed by atoms with Crippen molar-refractivity contribution in [3.8, 4) is 0 Å². The Labute approximate surface area is 114 Å². The molecule has 0 spiro atoms. The third-order valence-electron chi connectivity index (χ3n) is 3.14. The third kappa shape index (κ3) is 2.37. The van der Waals surface area contributed by atoms with Gasteiger partial charge in [-0.25, -0.2) is 4.39 Å². The van der Waals surface area contributed by atoms with Gasteiger partial charge >= 0.3 is 0 Å². The zero-order valence-corrected chi connectivity index (χ0v) is 10.9. The first-order chi connectivity index (χ1) is 9.25. The van der Waals surface area contributed by atoms with E-state index < -0.39 is 11.9 Å². The van der Waals surface area contributed by atoms with Crippen LogP contribution in [0.25, 0.3) is 10.1 Å². The van der Waals surface area contributed by atoms with E-state index in [0.717, 1.165) is 17.1 Å². The molecule has 1 aromatic carbocycles. The molecule has 0 aliphatic carbocycles. The maximum Gasteiger partial charge on any atom is 0.147 e. The molecule has 1 atom stereocenters. The molecule has 0 fully saturated rings. The highest BCUT2D eigenvalue weighted by molar-refractivity contribution is 7.17. The quantitative estimate of drug-likeness (QED) is 0.789. The highest BCUT2D eigenvalue weighted by atomic mass is 32.1. The molecule has 19 heavy (non-hydrogen) atoms. The van der Waals surface area contributed by atoms with Gasteiger partial charge in [0, 0.05) is 22.9 Å². The summed E-state index contributed by atoms with van der Waals surface area (Å²) in [5.74, 6) is -0.463. The molecule has 2 heterocycles. The maximum atomic E-state index is 13.6. The number of aliphatic hydroxyl groups excluding tert-OH is 1. The summed E-state index contributed by atoms with van der Waals surface area (Å²) in [7, 11) is 0. The Hall–Kier alpha value is -1.78. The lowest BCUT2D eigenvalue weighted by Gasteiger charge is -2.11. The summed E-state index contributed by atoms with van der Waals surface area (Å²) in [6.45, 7) is 0. The van der Waals surface area contributed by atoms with Crippen LogP contribution in [0, 0.1) is 5.82 Å². The zero-order chi connectivity index (χ0) is 13.2. The van der Waals surface area contributed by atoms with Crippen molar-refractivity contribution in [1.82, 2.24) is 4.98 Å². The average molecular weight is 273 g/mol. The monoisotopic (exact) mass is 273 g/mol. The van der Waals surface area contributed by atoms with Crippen molar-refractivity contribution in [3.05, 3.63) is 65.0 Å². The fraction of sp³-hybridized carbons (Fsp3) is 0.133. The number of aromatic nitrogens is 1. The Morgan fingerprint density at radius 2 is 2.11 bits per heavy atom. The number of halogens is 1. The normalized spacial score (nSPS) is 12.7. The lowest BCUT2D eigenvalue weighted by Crippen LogP contribution is -2.04. The van der Waals surface area contributed by atoms with Crippen molar-refractivity contribution < 1.29 is 9.50 Å². The molecule has 0 saturated carbocycles. The van der Waals surface area contributed by atoms with Gasteiger partial charge in [0.15, 0.2) is 0 Å². The predicted octanol–water partition coefficient (Wildman–Crippen LogP) is 3.71. The predicted molar refractivity (Wildman–Crippen MR) is 74.7 cm³/mol. The van der Waals surface area contributed by atoms with Gasteiger partial charge in [-0.05, 0) is 28.5 Å². The van der Waals surface area contributed by atoms with Crippen LogP contribution in [0.3, 0.4) is 0 Å². The van der Waals surface area contributed by atoms with Crippen LogP contribution in [0.5, 0.6) is 0 Å². The first kappa shape index (κ1) is 12.3. The van der Waals surface area contributed by atoms with E-state index in [1.54, 1.807) is 11.3 Å². The van der Waals surface area contributed by atoms with E-state index in [1.165, 1.54) is 17.0 Å². The molecule has 3 aromatic rings. The molecule has 2 nitrogen and oxygen atoms in total. The van der Waals surface area contributed by atoms with Crippen LogP contribution in [0.4, 0.5) is 4.39 Å². The second-order valence-corrected chi connectivity index (χ2v) is 5.29. The lowest BCUT2D eigenvalue weighted by atomic mass is 10.0. The van der Waals surface area contributed by atoms with Gasteiger partial charge in [0.1, 0.15) is 5.82 Å². The van der Waals surface area contributed by atoms with Crippen LogP contribution in [-0.4, -0.2) is 10.1 Å². The van der Waals surface area contributed by atoms with Crippen LogP contribution in [0.1, 0.15) is 17.2 Å². The summed E-state index contributed by atoms with van der Waals surface area (Å²) in [5.41, 5.74) is 1.34. The Morgan fingerprint density at radius 1 is 1.26 bits per heavy atom. The Kier molecular flexibility index (Phi) is 3.27. The summed E-state index contributed by atoms with van der Waals surface area (Å²) in [4.78, 5) is 3.69. The van der Waals surface area contributed by atoms with E-state index in [4.69, 9.17) is 0 Å². The standard InChI is InChI=1S/C15H12FNOS/c16-13-8-17-6-5-12(13)14(18)7-10-9-19-15-4-2-1-3-11(10)15/h1-6,8-9,14,18H,7H2. The molecule has 0 radical (unpaired) electrons. The van der Waals surface area contributed by atoms with Crippen molar-refractivity contribution in [3.63, 3.8) is 0 Å². The zero-order valence-electron chi connectivity index (χ0n) is 10.1. The number of fused-ring (bicyclic) bond motifs is 1. The molecule has 0 bridgehead atoms. The molecule has 3 rings (SSSR count). The number of pyridine rings is 1. The summed E-state index contributed by atoms with van der Waals surface area (Å²) in [5, 5.41) is 13.3. The molecule has 0 aliphatic rings. The van der Waals surface area contributed by atoms with Gasteiger partial charge < -0.3 is 5.11 Å². The van der Waals surface area contributed by atoms with E-state index in [-0.39, 0.29) is 0 Å². The van der Waals surface area contributed by atoms with E-state index in [0.29, 0.717) is 12.0 Å². The van der Waals surface area contributed by atoms with Crippen molar-refractivity contribution in [2.45, 2.75) is 12.5 Å². The number of benzene rings is 1. The molecule has 1 unspecified atom stereocenters. The number of hydrogen-bond donors (Lipinski definition) is 1. The average Bonchev–Trinajstić information content (AvgIpc) is 2.83. The first-order valence-electron chi connectivity index (χ1n) is 5.98. The molecule has 0 amide bonds. The molecule has 1 N–H and O–H groups in total. The minimum absolute atomic E-state index is 0.297. The number of nitrogens with zero attached hydrogens (tertiary/aromatic N) is 1. The van der Waals surface area contributed by atoms with Crippen molar-refractivity contribution in [2.24, 2.45) is 0 Å². The van der Waals surface area contributed by atoms with E-state index in [9.17, 15) is 9.50 Å². The van der Waals surface area contributed by atoms with Crippen LogP contribution in [0.15, 0.2) is 48.1 Å². The molecule has 2 aromatic heterocycles. The second kappa shape index (κ2) is 5.07. The van der Waals surface area contributed by atoms with Crippen LogP contribution in [0.2, 0.25) is 0 Å². The van der Waals surface area contributed by atoms with Crippen LogP contribution < -0.4 is 0 Å². The summed E-state index contributed by atoms with van der Waals surface area (Å²) in [6.07, 6.45) is 2.18. The smallest absolute Gasteiger partial charge is 0.147 e. The summed E-state index contributed by atoms with van der Waals surface area (Å²) < 4.78 is 14.7. The Bertz CT molecular complexity index is 710. The van der Waals surface area contributed by atoms with Gasteiger partial charge in [-0.1, -0.05) is 18.2 Å². The van der Waals surface area contributed by atoms with Crippen LogP contribution in [-0.2, 0) is 6.42 Å². The van der Waals surface area contributed by atoms with Gasteiger partial charge in [0.2, 0.25) is 0 Å². The van der Waals surface area contributed by atoms with E-state index in [2.05, 4.69) is 4.98 Å². The fourth-order valence-corrected chi connectivity index (χ4v) is 3.14. The molecule has 0 aliphatic heterocycles. The topological polar surface area (TPSA) is 33.1 Å². The minimum atomic E-state index is -0.846. The SMILES string of the molecule is OC(Cc1csc2ccccc12)c1ccncc1F. The van der Waals surface area contributed by atoms with Gasteiger partial charge in [-0.3, -0.25) is 4.98 Å². The molecule has 4 heteroatoms. The fourth-order valence-electron chi connectivity index (χ4n) is 2.17. The largest absolute Gasteiger partial charge is 0.388 e. The van der Waals surface area contributed by atoms with Crippen molar-refractivity contribution in [1.29, 1.82) is 0 Å². The van der Waals surface area contributed by atoms with Gasteiger partial charge in [0.05, 0.1) is 12.3 Å².